The van der Waals surface area contributed by atoms with Crippen molar-refractivity contribution in [3.05, 3.63) is 0 Å². The molecular formula is C8H17NO2. The minimum atomic E-state index is 0.136. The Morgan fingerprint density at radius 3 is 2.64 bits per heavy atom. The van der Waals surface area contributed by atoms with Crippen molar-refractivity contribution in [2.45, 2.75) is 32.8 Å². The smallest absolute Gasteiger partial charge is 0.158 e. The number of nitrogens with two attached hydrogens (primary N) is 1. The van der Waals surface area contributed by atoms with E-state index in [0.717, 1.165) is 6.42 Å². The summed E-state index contributed by atoms with van der Waals surface area (Å²) in [6, 6.07) is 0. The largest absolute Gasteiger partial charge is 0.371 e. The quantitative estimate of drug-likeness (QED) is 0.621. The van der Waals surface area contributed by atoms with Gasteiger partial charge in [-0.1, -0.05) is 0 Å². The molecule has 11 heavy (non-hydrogen) atoms. The van der Waals surface area contributed by atoms with Crippen LogP contribution < -0.4 is 5.73 Å². The Morgan fingerprint density at radius 1 is 1.55 bits per heavy atom. The maximum Gasteiger partial charge on any atom is 0.158 e. The third-order valence-electron chi connectivity index (χ3n) is 1.24. The second kappa shape index (κ2) is 6.31. The average Bonchev–Trinajstić information content (AvgIpc) is 1.97. The first kappa shape index (κ1) is 10.6. The fraction of sp³-hybridized carbons (Fsp3) is 0.875. The zero-order chi connectivity index (χ0) is 8.69. The third kappa shape index (κ3) is 7.49. The average molecular weight is 159 g/mol. The van der Waals surface area contributed by atoms with Crippen LogP contribution >= 0.6 is 0 Å². The van der Waals surface area contributed by atoms with Crippen LogP contribution in [0.5, 0.6) is 0 Å². The van der Waals surface area contributed by atoms with Crippen molar-refractivity contribution in [1.82, 2.24) is 0 Å². The van der Waals surface area contributed by atoms with Gasteiger partial charge in [0.25, 0.3) is 0 Å². The molecule has 3 nitrogen and oxygen atoms in total. The van der Waals surface area contributed by atoms with Crippen LogP contribution in [-0.2, 0) is 9.53 Å². The molecule has 0 aliphatic rings. The van der Waals surface area contributed by atoms with Crippen LogP contribution in [0.2, 0.25) is 0 Å². The van der Waals surface area contributed by atoms with Crippen LogP contribution in [0.1, 0.15) is 26.7 Å². The lowest BCUT2D eigenvalue weighted by atomic mass is 10.2. The van der Waals surface area contributed by atoms with Gasteiger partial charge in [-0.15, -0.1) is 0 Å². The second-order valence-electron chi connectivity index (χ2n) is 2.79. The first-order valence-corrected chi connectivity index (χ1v) is 4.00. The summed E-state index contributed by atoms with van der Waals surface area (Å²) in [5.74, 6) is 0.143. The second-order valence-corrected chi connectivity index (χ2v) is 2.79. The van der Waals surface area contributed by atoms with Gasteiger partial charge in [0.05, 0.1) is 6.10 Å². The number of ether oxygens (including phenoxy) is 1. The maximum absolute atomic E-state index is 10.9. The van der Waals surface area contributed by atoms with Crippen molar-refractivity contribution < 1.29 is 9.53 Å². The molecule has 0 saturated carbocycles. The molecule has 0 bridgehead atoms. The van der Waals surface area contributed by atoms with Crippen LogP contribution in [0.15, 0.2) is 0 Å². The van der Waals surface area contributed by atoms with Gasteiger partial charge in [-0.25, -0.2) is 0 Å². The summed E-state index contributed by atoms with van der Waals surface area (Å²) in [4.78, 5) is 10.9. The van der Waals surface area contributed by atoms with Gasteiger partial charge < -0.3 is 10.5 Å². The molecular weight excluding hydrogens is 142 g/mol. The van der Waals surface area contributed by atoms with Gasteiger partial charge in [0.15, 0.2) is 5.78 Å². The van der Waals surface area contributed by atoms with Crippen LogP contribution in [-0.4, -0.2) is 25.0 Å². The Bertz CT molecular complexity index is 113. The van der Waals surface area contributed by atoms with Crippen molar-refractivity contribution in [2.75, 3.05) is 13.2 Å². The van der Waals surface area contributed by atoms with Gasteiger partial charge >= 0.3 is 0 Å². The first-order chi connectivity index (χ1) is 5.16. The lowest BCUT2D eigenvalue weighted by Crippen LogP contribution is -2.14. The number of rotatable bonds is 6. The molecule has 0 unspecified atom stereocenters. The van der Waals surface area contributed by atoms with Crippen LogP contribution in [0, 0.1) is 0 Å². The molecule has 0 aliphatic carbocycles. The normalized spacial score (nSPS) is 10.5. The van der Waals surface area contributed by atoms with E-state index < -0.39 is 0 Å². The molecule has 0 atom stereocenters. The summed E-state index contributed by atoms with van der Waals surface area (Å²) in [6.45, 7) is 4.64. The fourth-order valence-corrected chi connectivity index (χ4v) is 0.631. The Kier molecular flexibility index (Phi) is 6.07. The zero-order valence-corrected chi connectivity index (χ0v) is 7.30. The number of Topliss-reactive ketones (excluding diaryl/α,β-unsaturated/α-hetero) is 1. The van der Waals surface area contributed by atoms with E-state index in [0.29, 0.717) is 13.0 Å². The molecule has 0 rings (SSSR count). The lowest BCUT2D eigenvalue weighted by Gasteiger charge is -2.05. The molecule has 0 amide bonds. The highest BCUT2D eigenvalue weighted by molar-refractivity contribution is 5.79. The van der Waals surface area contributed by atoms with Crippen molar-refractivity contribution in [2.24, 2.45) is 5.73 Å². The minimum absolute atomic E-state index is 0.136. The summed E-state index contributed by atoms with van der Waals surface area (Å²) in [5.41, 5.74) is 5.24. The highest BCUT2D eigenvalue weighted by Crippen LogP contribution is 1.93. The number of carbonyl (C=O) groups is 1. The topological polar surface area (TPSA) is 52.3 Å². The first-order valence-electron chi connectivity index (χ1n) is 4.00. The molecule has 0 fully saturated rings. The highest BCUT2D eigenvalue weighted by atomic mass is 16.5. The molecule has 0 heterocycles. The molecule has 0 aromatic heterocycles. The molecule has 0 saturated heterocycles. The monoisotopic (exact) mass is 159 g/mol. The molecule has 0 aromatic carbocycles. The fourth-order valence-electron chi connectivity index (χ4n) is 0.631. The third-order valence-corrected chi connectivity index (χ3v) is 1.24. The van der Waals surface area contributed by atoms with E-state index in [1.807, 2.05) is 13.8 Å². The molecule has 3 heteroatoms. The molecule has 2 N–H and O–H groups in total. The predicted molar refractivity (Wildman–Crippen MR) is 44.4 cm³/mol. The molecule has 0 aromatic rings. The van der Waals surface area contributed by atoms with Gasteiger partial charge in [-0.2, -0.15) is 0 Å². The molecule has 0 aliphatic heterocycles. The van der Waals surface area contributed by atoms with Crippen molar-refractivity contribution in [3.8, 4) is 0 Å². The number of ketones is 1. The highest BCUT2D eigenvalue weighted by Gasteiger charge is 2.01. The van der Waals surface area contributed by atoms with Gasteiger partial charge in [-0.3, -0.25) is 4.79 Å². The SMILES string of the molecule is CC(C)OCC(=O)CCCN. The van der Waals surface area contributed by atoms with Gasteiger partial charge in [0.2, 0.25) is 0 Å². The molecule has 0 spiro atoms. The number of carbonyl (C=O) groups excluding carboxylic acids is 1. The summed E-state index contributed by atoms with van der Waals surface area (Å²) in [5, 5.41) is 0. The maximum atomic E-state index is 10.9. The van der Waals surface area contributed by atoms with Crippen LogP contribution in [0.3, 0.4) is 0 Å². The summed E-state index contributed by atoms with van der Waals surface area (Å²) < 4.78 is 5.11. The van der Waals surface area contributed by atoms with Crippen molar-refractivity contribution in [1.29, 1.82) is 0 Å². The summed E-state index contributed by atoms with van der Waals surface area (Å²) in [6.07, 6.45) is 1.44. The molecule has 0 radical (unpaired) electrons. The standard InChI is InChI=1S/C8H17NO2/c1-7(2)11-6-8(10)4-3-5-9/h7H,3-6,9H2,1-2H3. The van der Waals surface area contributed by atoms with Crippen LogP contribution in [0.25, 0.3) is 0 Å². The Morgan fingerprint density at radius 2 is 2.18 bits per heavy atom. The number of hydrogen-bond donors (Lipinski definition) is 1. The van der Waals surface area contributed by atoms with Gasteiger partial charge in [0, 0.05) is 6.42 Å². The Balaban J connectivity index is 3.23. The van der Waals surface area contributed by atoms with E-state index in [4.69, 9.17) is 10.5 Å². The minimum Gasteiger partial charge on any atom is -0.371 e. The number of hydrogen-bond acceptors (Lipinski definition) is 3. The zero-order valence-electron chi connectivity index (χ0n) is 7.30. The van der Waals surface area contributed by atoms with E-state index in [9.17, 15) is 4.79 Å². The van der Waals surface area contributed by atoms with Crippen molar-refractivity contribution in [3.63, 3.8) is 0 Å². The Labute approximate surface area is 67.9 Å². The van der Waals surface area contributed by atoms with E-state index >= 15 is 0 Å². The summed E-state index contributed by atoms with van der Waals surface area (Å²) >= 11 is 0. The van der Waals surface area contributed by atoms with Gasteiger partial charge in [0.1, 0.15) is 6.61 Å². The predicted octanol–water partition coefficient (Wildman–Crippen LogP) is 0.719. The Hall–Kier alpha value is -0.410. The van der Waals surface area contributed by atoms with Crippen molar-refractivity contribution >= 4 is 5.78 Å². The van der Waals surface area contributed by atoms with E-state index in [-0.39, 0.29) is 18.5 Å². The summed E-state index contributed by atoms with van der Waals surface area (Å²) in [7, 11) is 0. The molecule has 66 valence electrons. The van der Waals surface area contributed by atoms with E-state index in [1.165, 1.54) is 0 Å². The lowest BCUT2D eigenvalue weighted by molar-refractivity contribution is -0.125. The van der Waals surface area contributed by atoms with E-state index in [1.54, 1.807) is 0 Å². The van der Waals surface area contributed by atoms with Crippen LogP contribution in [0.4, 0.5) is 0 Å². The van der Waals surface area contributed by atoms with Gasteiger partial charge in [-0.05, 0) is 26.8 Å². The van der Waals surface area contributed by atoms with E-state index in [2.05, 4.69) is 0 Å².